The molecule has 0 aliphatic carbocycles. The molecule has 0 saturated carbocycles. The lowest BCUT2D eigenvalue weighted by molar-refractivity contribution is -0.384. The number of hydrogen-bond acceptors (Lipinski definition) is 5. The van der Waals surface area contributed by atoms with Crippen LogP contribution in [0.1, 0.15) is 22.8 Å². The van der Waals surface area contributed by atoms with Gasteiger partial charge in [0.25, 0.3) is 11.6 Å². The van der Waals surface area contributed by atoms with Crippen molar-refractivity contribution >= 4 is 23.3 Å². The molecular formula is C20H19N5O4. The number of nitrogens with one attached hydrogen (secondary N) is 2. The van der Waals surface area contributed by atoms with Crippen LogP contribution >= 0.6 is 0 Å². The van der Waals surface area contributed by atoms with Crippen molar-refractivity contribution in [2.75, 3.05) is 5.32 Å². The van der Waals surface area contributed by atoms with E-state index in [0.29, 0.717) is 12.4 Å². The number of amides is 2. The molecule has 9 nitrogen and oxygen atoms in total. The summed E-state index contributed by atoms with van der Waals surface area (Å²) in [5.41, 5.74) is 0.982. The molecule has 148 valence electrons. The van der Waals surface area contributed by atoms with Gasteiger partial charge in [0, 0.05) is 30.0 Å². The lowest BCUT2D eigenvalue weighted by atomic mass is 10.1. The minimum Gasteiger partial charge on any atom is -0.341 e. The van der Waals surface area contributed by atoms with Gasteiger partial charge in [-0.25, -0.2) is 0 Å². The van der Waals surface area contributed by atoms with E-state index >= 15 is 0 Å². The molecule has 1 unspecified atom stereocenters. The average molecular weight is 393 g/mol. The second-order valence-electron chi connectivity index (χ2n) is 6.38. The molecule has 1 aromatic heterocycles. The van der Waals surface area contributed by atoms with Crippen molar-refractivity contribution in [3.63, 3.8) is 0 Å². The number of aromatic nitrogens is 2. The molecule has 3 aromatic rings. The van der Waals surface area contributed by atoms with Crippen molar-refractivity contribution in [3.8, 4) is 0 Å². The van der Waals surface area contributed by atoms with Gasteiger partial charge >= 0.3 is 0 Å². The monoisotopic (exact) mass is 393 g/mol. The fraction of sp³-hybridized carbons (Fsp3) is 0.150. The van der Waals surface area contributed by atoms with E-state index in [1.54, 1.807) is 16.9 Å². The SMILES string of the molecule is CC(NC(=O)c1cccc([N+](=O)[O-])c1)C(=O)Nc1ccn(Cc2ccccc2)n1. The van der Waals surface area contributed by atoms with E-state index in [0.717, 1.165) is 11.6 Å². The van der Waals surface area contributed by atoms with Crippen molar-refractivity contribution in [1.29, 1.82) is 0 Å². The molecule has 0 fully saturated rings. The highest BCUT2D eigenvalue weighted by atomic mass is 16.6. The van der Waals surface area contributed by atoms with E-state index in [9.17, 15) is 19.7 Å². The number of carbonyl (C=O) groups excluding carboxylic acids is 2. The van der Waals surface area contributed by atoms with E-state index in [1.165, 1.54) is 25.1 Å². The standard InChI is InChI=1S/C20H19N5O4/c1-14(21-20(27)16-8-5-9-17(12-16)25(28)29)19(26)22-18-10-11-24(23-18)13-15-6-3-2-4-7-15/h2-12,14H,13H2,1H3,(H,21,27)(H,22,23,26). The van der Waals surface area contributed by atoms with Crippen LogP contribution in [0.3, 0.4) is 0 Å². The summed E-state index contributed by atoms with van der Waals surface area (Å²) in [6.07, 6.45) is 1.75. The number of benzene rings is 2. The van der Waals surface area contributed by atoms with Gasteiger partial charge in [-0.2, -0.15) is 5.10 Å². The highest BCUT2D eigenvalue weighted by Crippen LogP contribution is 2.13. The zero-order valence-corrected chi connectivity index (χ0v) is 15.6. The Morgan fingerprint density at radius 1 is 1.14 bits per heavy atom. The number of anilines is 1. The van der Waals surface area contributed by atoms with Crippen molar-refractivity contribution in [3.05, 3.63) is 88.1 Å². The van der Waals surface area contributed by atoms with Gasteiger partial charge in [-0.15, -0.1) is 0 Å². The van der Waals surface area contributed by atoms with Crippen molar-refractivity contribution in [2.24, 2.45) is 0 Å². The first kappa shape index (κ1) is 19.7. The number of non-ortho nitro benzene ring substituents is 1. The summed E-state index contributed by atoms with van der Waals surface area (Å²) >= 11 is 0. The molecule has 2 aromatic carbocycles. The van der Waals surface area contributed by atoms with E-state index in [2.05, 4.69) is 15.7 Å². The summed E-state index contributed by atoms with van der Waals surface area (Å²) in [5.74, 6) is -0.665. The fourth-order valence-corrected chi connectivity index (χ4v) is 2.63. The molecule has 1 heterocycles. The van der Waals surface area contributed by atoms with Crippen LogP contribution in [-0.2, 0) is 11.3 Å². The molecule has 0 aliphatic rings. The Labute approximate surface area is 166 Å². The number of hydrogen-bond donors (Lipinski definition) is 2. The summed E-state index contributed by atoms with van der Waals surface area (Å²) in [6.45, 7) is 2.08. The van der Waals surface area contributed by atoms with Crippen LogP contribution in [-0.4, -0.2) is 32.6 Å². The zero-order valence-electron chi connectivity index (χ0n) is 15.6. The van der Waals surface area contributed by atoms with Gasteiger partial charge in [0.05, 0.1) is 11.5 Å². The second kappa shape index (κ2) is 8.79. The maximum Gasteiger partial charge on any atom is 0.270 e. The smallest absolute Gasteiger partial charge is 0.270 e. The first-order valence-electron chi connectivity index (χ1n) is 8.86. The third-order valence-corrected chi connectivity index (χ3v) is 4.14. The average Bonchev–Trinajstić information content (AvgIpc) is 3.15. The predicted octanol–water partition coefficient (Wildman–Crippen LogP) is 2.60. The maximum atomic E-state index is 12.3. The Kier molecular flexibility index (Phi) is 5.98. The van der Waals surface area contributed by atoms with Gasteiger partial charge < -0.3 is 10.6 Å². The first-order chi connectivity index (χ1) is 13.9. The summed E-state index contributed by atoms with van der Waals surface area (Å²) < 4.78 is 1.69. The lowest BCUT2D eigenvalue weighted by Gasteiger charge is -2.13. The molecular weight excluding hydrogens is 374 g/mol. The van der Waals surface area contributed by atoms with Gasteiger partial charge in [-0.05, 0) is 18.6 Å². The van der Waals surface area contributed by atoms with E-state index in [1.807, 2.05) is 30.3 Å². The van der Waals surface area contributed by atoms with Crippen LogP contribution in [0.15, 0.2) is 66.9 Å². The molecule has 2 N–H and O–H groups in total. The van der Waals surface area contributed by atoms with Gasteiger partial charge in [0.15, 0.2) is 5.82 Å². The Hall–Kier alpha value is -4.01. The van der Waals surface area contributed by atoms with Crippen molar-refractivity contribution in [2.45, 2.75) is 19.5 Å². The molecule has 0 aliphatic heterocycles. The van der Waals surface area contributed by atoms with Crippen LogP contribution < -0.4 is 10.6 Å². The fourth-order valence-electron chi connectivity index (χ4n) is 2.63. The number of nitro benzene ring substituents is 1. The third-order valence-electron chi connectivity index (χ3n) is 4.14. The summed E-state index contributed by atoms with van der Waals surface area (Å²) in [6, 6.07) is 15.9. The molecule has 0 saturated heterocycles. The third kappa shape index (κ3) is 5.25. The quantitative estimate of drug-likeness (QED) is 0.472. The zero-order chi connectivity index (χ0) is 20.8. The largest absolute Gasteiger partial charge is 0.341 e. The van der Waals surface area contributed by atoms with Crippen LogP contribution in [0.4, 0.5) is 11.5 Å². The molecule has 9 heteroatoms. The predicted molar refractivity (Wildman–Crippen MR) is 106 cm³/mol. The van der Waals surface area contributed by atoms with E-state index in [4.69, 9.17) is 0 Å². The minimum atomic E-state index is -0.860. The minimum absolute atomic E-state index is 0.103. The number of rotatable bonds is 7. The Balaban J connectivity index is 1.57. The number of nitrogens with zero attached hydrogens (tertiary/aromatic N) is 3. The molecule has 29 heavy (non-hydrogen) atoms. The molecule has 1 atom stereocenters. The highest BCUT2D eigenvalue weighted by Gasteiger charge is 2.19. The molecule has 0 bridgehead atoms. The van der Waals surface area contributed by atoms with E-state index in [-0.39, 0.29) is 11.3 Å². The molecule has 3 rings (SSSR count). The summed E-state index contributed by atoms with van der Waals surface area (Å²) in [7, 11) is 0. The molecule has 0 spiro atoms. The van der Waals surface area contributed by atoms with Gasteiger partial charge in [0.2, 0.25) is 5.91 Å². The molecule has 0 radical (unpaired) electrons. The van der Waals surface area contributed by atoms with Gasteiger partial charge in [0.1, 0.15) is 6.04 Å². The number of nitro groups is 1. The second-order valence-corrected chi connectivity index (χ2v) is 6.38. The highest BCUT2D eigenvalue weighted by molar-refractivity contribution is 6.00. The first-order valence-corrected chi connectivity index (χ1v) is 8.86. The van der Waals surface area contributed by atoms with E-state index < -0.39 is 22.8 Å². The maximum absolute atomic E-state index is 12.3. The Morgan fingerprint density at radius 2 is 1.90 bits per heavy atom. The number of carbonyl (C=O) groups is 2. The Bertz CT molecular complexity index is 1030. The topological polar surface area (TPSA) is 119 Å². The van der Waals surface area contributed by atoms with Gasteiger partial charge in [-0.1, -0.05) is 36.4 Å². The lowest BCUT2D eigenvalue weighted by Crippen LogP contribution is -2.41. The van der Waals surface area contributed by atoms with Crippen LogP contribution in [0, 0.1) is 10.1 Å². The summed E-state index contributed by atoms with van der Waals surface area (Å²) in [5, 5.41) is 20.3. The van der Waals surface area contributed by atoms with Gasteiger partial charge in [-0.3, -0.25) is 24.4 Å². The van der Waals surface area contributed by atoms with Crippen LogP contribution in [0.5, 0.6) is 0 Å². The summed E-state index contributed by atoms with van der Waals surface area (Å²) in [4.78, 5) is 34.8. The molecule has 2 amide bonds. The van der Waals surface area contributed by atoms with Crippen molar-refractivity contribution in [1.82, 2.24) is 15.1 Å². The van der Waals surface area contributed by atoms with Crippen molar-refractivity contribution < 1.29 is 14.5 Å². The Morgan fingerprint density at radius 3 is 2.62 bits per heavy atom. The van der Waals surface area contributed by atoms with Crippen LogP contribution in [0.2, 0.25) is 0 Å². The van der Waals surface area contributed by atoms with Crippen LogP contribution in [0.25, 0.3) is 0 Å². The normalized spacial score (nSPS) is 11.5.